The molecular formula is C72H57Bi3O18. The Morgan fingerprint density at radius 3 is 0.505 bits per heavy atom. The molecule has 468 valence electrons. The molecule has 93 heavy (non-hydrogen) atoms. The Labute approximate surface area is 564 Å². The fourth-order valence-electron chi connectivity index (χ4n) is 7.10. The molecule has 0 spiro atoms. The number of rotatable bonds is 33. The van der Waals surface area contributed by atoms with Crippen LogP contribution in [0.2, 0.25) is 0 Å². The second kappa shape index (κ2) is 37.8. The van der Waals surface area contributed by atoms with E-state index >= 15 is 0 Å². The minimum atomic E-state index is -4.42. The monoisotopic (exact) mass is 1840 g/mol. The quantitative estimate of drug-likeness (QED) is 0.0123. The Balaban J connectivity index is 1.44. The van der Waals surface area contributed by atoms with E-state index in [9.17, 15) is 28.8 Å². The van der Waals surface area contributed by atoms with Crippen LogP contribution in [0.4, 0.5) is 0 Å². The summed E-state index contributed by atoms with van der Waals surface area (Å²) in [7, 11) is 0. The molecule has 0 aliphatic rings. The first-order chi connectivity index (χ1) is 45.3. The van der Waals surface area contributed by atoms with Crippen molar-refractivity contribution in [3.05, 3.63) is 347 Å². The molecule has 0 N–H and O–H groups in total. The van der Waals surface area contributed by atoms with Gasteiger partial charge in [0.15, 0.2) is 0 Å². The van der Waals surface area contributed by atoms with Crippen LogP contribution in [0, 0.1) is 0 Å². The van der Waals surface area contributed by atoms with Crippen molar-refractivity contribution in [2.24, 2.45) is 0 Å². The van der Waals surface area contributed by atoms with Gasteiger partial charge in [0.2, 0.25) is 0 Å². The SMILES string of the molecule is C=CC=COC(=O)c1ccc([O][Bi]([O]c2ccc(C(=O)OC=CC=C)cc2)[c]2c[c]([Bi]([O]c3ccc(C(=O)OC=CC=C)cc3)[O]c3ccc(C(=O)OC=CC=C)cc3)c[c]([Bi]([O]c3ccc(C(=O)OC=CC=C)cc3)[O]c3ccc(C(=O)OC=CC=C)cc3)c2)cc1. The molecule has 21 heteroatoms. The topological polar surface area (TPSA) is 213 Å². The van der Waals surface area contributed by atoms with Gasteiger partial charge in [0, 0.05) is 0 Å². The molecule has 0 aliphatic heterocycles. The normalized spacial score (nSPS) is 11.1. The van der Waals surface area contributed by atoms with Crippen molar-refractivity contribution in [1.29, 1.82) is 0 Å². The van der Waals surface area contributed by atoms with Crippen molar-refractivity contribution in [2.45, 2.75) is 0 Å². The van der Waals surface area contributed by atoms with Crippen LogP contribution >= 0.6 is 0 Å². The summed E-state index contributed by atoms with van der Waals surface area (Å²) in [6.45, 7) is 21.6. The number of hydrogen-bond donors (Lipinski definition) is 0. The summed E-state index contributed by atoms with van der Waals surface area (Å²) in [5.41, 5.74) is 1.26. The van der Waals surface area contributed by atoms with E-state index in [0.717, 1.165) is 0 Å². The zero-order chi connectivity index (χ0) is 66.2. The summed E-state index contributed by atoms with van der Waals surface area (Å²) in [5.74, 6) is -2.00. The van der Waals surface area contributed by atoms with Gasteiger partial charge < -0.3 is 0 Å². The number of ether oxygens (including phenoxy) is 6. The first-order valence-electron chi connectivity index (χ1n) is 27.5. The molecule has 0 fully saturated rings. The van der Waals surface area contributed by atoms with Crippen molar-refractivity contribution in [2.75, 3.05) is 0 Å². The number of carbonyl (C=O) groups excluding carboxylic acids is 6. The number of benzene rings is 7. The maximum absolute atomic E-state index is 13.0. The Kier molecular flexibility index (Phi) is 28.5. The molecule has 0 aromatic heterocycles. The first kappa shape index (κ1) is 70.2. The van der Waals surface area contributed by atoms with Gasteiger partial charge in [0.05, 0.1) is 0 Å². The summed E-state index contributed by atoms with van der Waals surface area (Å²) in [5, 5.41) is 0. The third-order valence-electron chi connectivity index (χ3n) is 11.5. The second-order valence-corrected chi connectivity index (χ2v) is 34.3. The molecule has 0 saturated carbocycles. The van der Waals surface area contributed by atoms with Gasteiger partial charge in [0.25, 0.3) is 0 Å². The van der Waals surface area contributed by atoms with Crippen LogP contribution in [-0.4, -0.2) is 104 Å². The molecule has 0 saturated heterocycles. The van der Waals surface area contributed by atoms with E-state index in [1.54, 1.807) is 72.8 Å². The molecular weight excluding hydrogens is 1780 g/mol. The second-order valence-electron chi connectivity index (χ2n) is 18.0. The van der Waals surface area contributed by atoms with Crippen LogP contribution in [0.25, 0.3) is 0 Å². The third-order valence-corrected chi connectivity index (χ3v) is 28.2. The average molecular weight is 1840 g/mol. The van der Waals surface area contributed by atoms with Crippen LogP contribution in [0.3, 0.4) is 0 Å². The Bertz CT molecular complexity index is 3330. The molecule has 0 aliphatic carbocycles. The van der Waals surface area contributed by atoms with E-state index in [-0.39, 0.29) is 33.4 Å². The van der Waals surface area contributed by atoms with E-state index in [1.807, 2.05) is 18.2 Å². The van der Waals surface area contributed by atoms with Crippen LogP contribution in [-0.2, 0) is 28.4 Å². The van der Waals surface area contributed by atoms with E-state index in [4.69, 9.17) is 45.3 Å². The summed E-state index contributed by atoms with van der Waals surface area (Å²) in [4.78, 5) is 78.2. The van der Waals surface area contributed by atoms with Crippen molar-refractivity contribution < 1.29 is 74.1 Å². The van der Waals surface area contributed by atoms with E-state index in [0.29, 0.717) is 44.3 Å². The number of hydrogen-bond acceptors (Lipinski definition) is 18. The molecule has 18 nitrogen and oxygen atoms in total. The molecule has 0 heterocycles. The molecule has 7 rings (SSSR count). The average Bonchev–Trinajstić information content (AvgIpc) is 0.834. The summed E-state index contributed by atoms with van der Waals surface area (Å²) in [6.07, 6.45) is 24.8. The summed E-state index contributed by atoms with van der Waals surface area (Å²) >= 11 is -13.3. The van der Waals surface area contributed by atoms with Gasteiger partial charge in [-0.3, -0.25) is 0 Å². The number of esters is 6. The number of allylic oxidation sites excluding steroid dienone is 12. The summed E-state index contributed by atoms with van der Waals surface area (Å²) < 4.78 is 74.8. The van der Waals surface area contributed by atoms with Gasteiger partial charge in [-0.25, -0.2) is 0 Å². The van der Waals surface area contributed by atoms with Crippen LogP contribution in [0.15, 0.2) is 314 Å². The van der Waals surface area contributed by atoms with E-state index < -0.39 is 104 Å². The zero-order valence-corrected chi connectivity index (χ0v) is 59.8. The van der Waals surface area contributed by atoms with Crippen LogP contribution < -0.4 is 26.7 Å². The Morgan fingerprint density at radius 2 is 0.376 bits per heavy atom. The number of carbonyl (C=O) groups is 6. The van der Waals surface area contributed by atoms with Gasteiger partial charge in [-0.05, 0) is 0 Å². The summed E-state index contributed by atoms with van der Waals surface area (Å²) in [6, 6.07) is 43.1. The van der Waals surface area contributed by atoms with Crippen molar-refractivity contribution >= 4 is 114 Å². The zero-order valence-electron chi connectivity index (χ0n) is 49.4. The Hall–Kier alpha value is -10.3. The molecule has 0 bridgehead atoms. The molecule has 0 amide bonds. The van der Waals surface area contributed by atoms with E-state index in [2.05, 4.69) is 39.5 Å². The van der Waals surface area contributed by atoms with Crippen LogP contribution in [0.5, 0.6) is 34.5 Å². The molecule has 0 atom stereocenters. The van der Waals surface area contributed by atoms with Crippen LogP contribution in [0.1, 0.15) is 62.1 Å². The fourth-order valence-corrected chi connectivity index (χ4v) is 28.1. The van der Waals surface area contributed by atoms with Gasteiger partial charge in [-0.15, -0.1) is 0 Å². The molecule has 7 aromatic rings. The van der Waals surface area contributed by atoms with Gasteiger partial charge >= 0.3 is 569 Å². The maximum atomic E-state index is 13.0. The third kappa shape index (κ3) is 22.5. The Morgan fingerprint density at radius 1 is 0.237 bits per heavy atom. The van der Waals surface area contributed by atoms with Gasteiger partial charge in [0.1, 0.15) is 0 Å². The van der Waals surface area contributed by atoms with Crippen molar-refractivity contribution in [3.8, 4) is 34.5 Å². The fraction of sp³-hybridized carbons (Fsp3) is 0. The van der Waals surface area contributed by atoms with Crippen molar-refractivity contribution in [1.82, 2.24) is 0 Å². The standard InChI is InChI=1S/6C11H10O3.C6H3.3Bi/c6*1-2-3-8-14-11(13)9-4-6-10(12)7-5-9;1-2-4-6-5-3-1;;;/h6*2-8,12H,1H2;1,4-5H;;;/q;;;;;;;3*+2/p-6. The van der Waals surface area contributed by atoms with E-state index in [1.165, 1.54) is 183 Å². The first-order valence-corrected chi connectivity index (χ1v) is 41.2. The molecule has 0 radical (unpaired) electrons. The predicted molar refractivity (Wildman–Crippen MR) is 354 cm³/mol. The minimum absolute atomic E-state index is 0.211. The molecule has 0 unspecified atom stereocenters. The van der Waals surface area contributed by atoms with Gasteiger partial charge in [-0.1, -0.05) is 0 Å². The van der Waals surface area contributed by atoms with Gasteiger partial charge in [-0.2, -0.15) is 0 Å². The molecule has 7 aromatic carbocycles. The van der Waals surface area contributed by atoms with Crippen molar-refractivity contribution in [3.63, 3.8) is 0 Å². The predicted octanol–water partition coefficient (Wildman–Crippen LogP) is 12.4.